The molecule has 0 N–H and O–H groups in total. The molecule has 0 aromatic carbocycles. The van der Waals surface area contributed by atoms with Crippen LogP contribution >= 0.6 is 0 Å². The van der Waals surface area contributed by atoms with Crippen molar-refractivity contribution < 1.29 is 9.31 Å². The number of hydrogen-bond donors (Lipinski definition) is 0. The van der Waals surface area contributed by atoms with Gasteiger partial charge in [-0.25, -0.2) is 0 Å². The minimum Gasteiger partial charge on any atom is -0.403 e. The summed E-state index contributed by atoms with van der Waals surface area (Å²) in [6.45, 7) is 10.9. The number of piperidine rings is 1. The van der Waals surface area contributed by atoms with E-state index < -0.39 is 0 Å². The quantitative estimate of drug-likeness (QED) is 0.632. The highest BCUT2D eigenvalue weighted by Gasteiger charge is 2.71. The molecule has 3 aliphatic rings. The van der Waals surface area contributed by atoms with Gasteiger partial charge in [0, 0.05) is 18.4 Å². The Morgan fingerprint density at radius 2 is 1.69 bits per heavy atom. The van der Waals surface area contributed by atoms with Gasteiger partial charge in [0.1, 0.15) is 0 Å². The van der Waals surface area contributed by atoms with Crippen LogP contribution in [0.15, 0.2) is 0 Å². The molecule has 0 radical (unpaired) electrons. The van der Waals surface area contributed by atoms with Crippen molar-refractivity contribution in [2.24, 2.45) is 5.92 Å². The normalized spacial score (nSPS) is 44.8. The van der Waals surface area contributed by atoms with Crippen LogP contribution in [0.2, 0.25) is 5.31 Å². The van der Waals surface area contributed by atoms with Crippen molar-refractivity contribution in [1.82, 2.24) is 4.90 Å². The fourth-order valence-corrected chi connectivity index (χ4v) is 3.22. The van der Waals surface area contributed by atoms with Crippen molar-refractivity contribution >= 4 is 7.12 Å². The third-order valence-electron chi connectivity index (χ3n) is 5.10. The SMILES string of the molecule is CN1CC2CC2(B2OC(C)(C)C(C)(C)O2)C1. The van der Waals surface area contributed by atoms with E-state index in [-0.39, 0.29) is 18.3 Å². The van der Waals surface area contributed by atoms with Gasteiger partial charge in [-0.1, -0.05) is 0 Å². The van der Waals surface area contributed by atoms with Crippen LogP contribution in [0.5, 0.6) is 0 Å². The molecule has 0 bridgehead atoms. The van der Waals surface area contributed by atoms with Crippen LogP contribution in [0.1, 0.15) is 34.1 Å². The smallest absolute Gasteiger partial charge is 0.403 e. The van der Waals surface area contributed by atoms with E-state index in [0.29, 0.717) is 5.31 Å². The molecule has 2 heterocycles. The number of rotatable bonds is 1. The van der Waals surface area contributed by atoms with Gasteiger partial charge in [0.15, 0.2) is 0 Å². The largest absolute Gasteiger partial charge is 0.466 e. The summed E-state index contributed by atoms with van der Waals surface area (Å²) in [6.07, 6.45) is 1.29. The third kappa shape index (κ3) is 1.27. The molecule has 2 atom stereocenters. The standard InChI is InChI=1S/C12H22BNO2/c1-10(2)11(3,4)16-13(15-10)12-6-9(12)7-14(5)8-12/h9H,6-8H2,1-5H3. The van der Waals surface area contributed by atoms with Crippen molar-refractivity contribution in [1.29, 1.82) is 0 Å². The van der Waals surface area contributed by atoms with E-state index in [1.54, 1.807) is 0 Å². The first kappa shape index (κ1) is 11.1. The Morgan fingerprint density at radius 3 is 2.12 bits per heavy atom. The second-order valence-corrected chi connectivity index (χ2v) is 6.92. The first-order chi connectivity index (χ1) is 7.27. The lowest BCUT2D eigenvalue weighted by atomic mass is 9.67. The maximum Gasteiger partial charge on any atom is 0.466 e. The minimum absolute atomic E-state index is 0.00690. The summed E-state index contributed by atoms with van der Waals surface area (Å²) in [5, 5.41) is 0.305. The van der Waals surface area contributed by atoms with Gasteiger partial charge >= 0.3 is 7.12 Å². The van der Waals surface area contributed by atoms with Crippen LogP contribution < -0.4 is 0 Å². The van der Waals surface area contributed by atoms with E-state index >= 15 is 0 Å². The Balaban J connectivity index is 1.80. The summed E-state index contributed by atoms with van der Waals surface area (Å²) in [5.41, 5.74) is -0.360. The Bertz CT molecular complexity index is 315. The minimum atomic E-state index is -0.180. The second kappa shape index (κ2) is 2.85. The fourth-order valence-electron chi connectivity index (χ4n) is 3.22. The Kier molecular flexibility index (Phi) is 1.97. The van der Waals surface area contributed by atoms with Crippen molar-refractivity contribution in [2.45, 2.75) is 50.6 Å². The van der Waals surface area contributed by atoms with Gasteiger partial charge in [0.05, 0.1) is 11.2 Å². The van der Waals surface area contributed by atoms with E-state index in [1.807, 2.05) is 0 Å². The van der Waals surface area contributed by atoms with Gasteiger partial charge in [-0.3, -0.25) is 0 Å². The van der Waals surface area contributed by atoms with Gasteiger partial charge in [-0.05, 0) is 47.1 Å². The fraction of sp³-hybridized carbons (Fsp3) is 1.00. The molecule has 3 rings (SSSR count). The molecular weight excluding hydrogens is 201 g/mol. The van der Waals surface area contributed by atoms with Gasteiger partial charge in [-0.15, -0.1) is 0 Å². The zero-order valence-corrected chi connectivity index (χ0v) is 11.0. The molecule has 0 aromatic rings. The molecule has 90 valence electrons. The van der Waals surface area contributed by atoms with Gasteiger partial charge in [-0.2, -0.15) is 0 Å². The van der Waals surface area contributed by atoms with Crippen LogP contribution in [0.25, 0.3) is 0 Å². The van der Waals surface area contributed by atoms with E-state index in [1.165, 1.54) is 13.0 Å². The molecule has 2 saturated heterocycles. The molecule has 4 heteroatoms. The zero-order chi connectivity index (χ0) is 11.8. The van der Waals surface area contributed by atoms with E-state index in [9.17, 15) is 0 Å². The zero-order valence-electron chi connectivity index (χ0n) is 11.0. The molecule has 2 aliphatic heterocycles. The molecule has 16 heavy (non-hydrogen) atoms. The van der Waals surface area contributed by atoms with Crippen LogP contribution in [-0.4, -0.2) is 43.4 Å². The average Bonchev–Trinajstić information content (AvgIpc) is 2.59. The summed E-state index contributed by atoms with van der Waals surface area (Å²) >= 11 is 0. The molecule has 2 unspecified atom stereocenters. The van der Waals surface area contributed by atoms with E-state index in [2.05, 4.69) is 39.6 Å². The first-order valence-electron chi connectivity index (χ1n) is 6.31. The van der Waals surface area contributed by atoms with Crippen molar-refractivity contribution in [2.75, 3.05) is 20.1 Å². The Labute approximate surface area is 98.6 Å². The van der Waals surface area contributed by atoms with Crippen LogP contribution in [0, 0.1) is 5.92 Å². The highest BCUT2D eigenvalue weighted by atomic mass is 16.7. The second-order valence-electron chi connectivity index (χ2n) is 6.92. The summed E-state index contributed by atoms with van der Waals surface area (Å²) in [6, 6.07) is 0. The molecular formula is C12H22BNO2. The van der Waals surface area contributed by atoms with Gasteiger partial charge < -0.3 is 14.2 Å². The summed E-state index contributed by atoms with van der Waals surface area (Å²) < 4.78 is 12.4. The Hall–Kier alpha value is -0.0551. The number of fused-ring (bicyclic) bond motifs is 1. The lowest BCUT2D eigenvalue weighted by molar-refractivity contribution is 0.00578. The topological polar surface area (TPSA) is 21.7 Å². The van der Waals surface area contributed by atoms with Crippen molar-refractivity contribution in [3.05, 3.63) is 0 Å². The summed E-state index contributed by atoms with van der Waals surface area (Å²) in [5.74, 6) is 0.798. The highest BCUT2D eigenvalue weighted by molar-refractivity contribution is 6.51. The molecule has 1 saturated carbocycles. The van der Waals surface area contributed by atoms with Crippen LogP contribution in [0.3, 0.4) is 0 Å². The lowest BCUT2D eigenvalue weighted by Gasteiger charge is -2.32. The monoisotopic (exact) mass is 223 g/mol. The van der Waals surface area contributed by atoms with E-state index in [0.717, 1.165) is 12.5 Å². The number of hydrogen-bond acceptors (Lipinski definition) is 3. The molecule has 3 nitrogen and oxygen atoms in total. The predicted molar refractivity (Wildman–Crippen MR) is 64.4 cm³/mol. The van der Waals surface area contributed by atoms with Crippen molar-refractivity contribution in [3.63, 3.8) is 0 Å². The van der Waals surface area contributed by atoms with Gasteiger partial charge in [0.2, 0.25) is 0 Å². The number of nitrogens with zero attached hydrogens (tertiary/aromatic N) is 1. The van der Waals surface area contributed by atoms with E-state index in [4.69, 9.17) is 9.31 Å². The maximum absolute atomic E-state index is 6.19. The number of likely N-dealkylation sites (tertiary alicyclic amines) is 1. The first-order valence-corrected chi connectivity index (χ1v) is 6.31. The molecule has 3 fully saturated rings. The van der Waals surface area contributed by atoms with Crippen LogP contribution in [0.4, 0.5) is 0 Å². The Morgan fingerprint density at radius 1 is 1.12 bits per heavy atom. The summed E-state index contributed by atoms with van der Waals surface area (Å²) in [4.78, 5) is 2.40. The maximum atomic E-state index is 6.19. The predicted octanol–water partition coefficient (Wildman–Crippen LogP) is 1.78. The molecule has 1 aliphatic carbocycles. The third-order valence-corrected chi connectivity index (χ3v) is 5.10. The molecule has 0 spiro atoms. The highest BCUT2D eigenvalue weighted by Crippen LogP contribution is 2.68. The average molecular weight is 223 g/mol. The molecule has 0 amide bonds. The molecule has 0 aromatic heterocycles. The lowest BCUT2D eigenvalue weighted by Crippen LogP contribution is -2.41. The van der Waals surface area contributed by atoms with Crippen molar-refractivity contribution in [3.8, 4) is 0 Å². The van der Waals surface area contributed by atoms with Gasteiger partial charge in [0.25, 0.3) is 0 Å². The van der Waals surface area contributed by atoms with Crippen LogP contribution in [-0.2, 0) is 9.31 Å². The summed E-state index contributed by atoms with van der Waals surface area (Å²) in [7, 11) is 2.20.